The van der Waals surface area contributed by atoms with Gasteiger partial charge >= 0.3 is 11.6 Å². The molecule has 0 unspecified atom stereocenters. The molecule has 109 heavy (non-hydrogen) atoms. The lowest BCUT2D eigenvalue weighted by Gasteiger charge is -2.59. The molecule has 25 nitrogen and oxygen atoms in total. The summed E-state index contributed by atoms with van der Waals surface area (Å²) in [5.41, 5.74) is 10.2. The van der Waals surface area contributed by atoms with Crippen molar-refractivity contribution in [2.45, 2.75) is 140 Å². The normalized spacial score (nSPS) is 31.4. The van der Waals surface area contributed by atoms with E-state index in [1.165, 1.54) is 78.3 Å². The molecule has 15 aliphatic rings. The topological polar surface area (TPSA) is 292 Å². The standard InChI is InChI=1S/C46H44N6O6S5.C29H26N6O5S3.O2S/c1-5-6-17-26-48-40(56)46-28-44(32-23-14-16-25-34(32)52(63(57,58)30-20-11-8-12-21-30)36(44)51(46)38(54)42(48,3)60-62-46)43-27-45-39(55)47(4)41(2,59-61-45)37(53)50(45)35(43)49(29-18-9-7-10-19-29)33-24-15-13-22-31(33)43;1-33-25-24(36)34-26-28(18-29(34,27(33)37)42-41-25,19-12-14-20(15-13-19)40-17-7-16-31-32-30)22-10-5-6-11-23(22)35(26)43(38,39)21-8-3-2-4-9-21;1-3-2/h7-16,18-25,35-36H,5-6,17,26-28H2,1-4H3;2-6,8-15,25-26H,7,16-18H2,1H3;/t35-,36+,41+,42+,43+,44+,45+,46+;25-,26-,28-,29-;/m10./s1. The lowest BCUT2D eigenvalue weighted by atomic mass is 9.54. The molecule has 15 heterocycles. The molecule has 3 spiro atoms. The van der Waals surface area contributed by atoms with Crippen molar-refractivity contribution in [3.63, 3.8) is 0 Å². The predicted octanol–water partition coefficient (Wildman–Crippen LogP) is 11.5. The van der Waals surface area contributed by atoms with Crippen molar-refractivity contribution in [3.8, 4) is 5.75 Å². The summed E-state index contributed by atoms with van der Waals surface area (Å²) in [5.74, 6) is -0.850. The van der Waals surface area contributed by atoms with Crippen molar-refractivity contribution in [3.05, 3.63) is 221 Å². The molecule has 6 bridgehead atoms. The number of unbranched alkanes of at least 4 members (excludes halogenated alkanes) is 2. The number of likely N-dealkylation sites (N-methyl/N-ethyl adjacent to an activating group) is 2. The maximum atomic E-state index is 16.0. The summed E-state index contributed by atoms with van der Waals surface area (Å²) in [6, 6.07) is 56.5. The number of rotatable bonds is 16. The fourth-order valence-electron chi connectivity index (χ4n) is 19.3. The molecular weight excluding hydrogens is 1570 g/mol. The number of anilines is 4. The van der Waals surface area contributed by atoms with Gasteiger partial charge in [0.2, 0.25) is 0 Å². The number of sulfonamides is 2. The summed E-state index contributed by atoms with van der Waals surface area (Å²) in [4.78, 5) is 99.1. The number of azide groups is 1. The van der Waals surface area contributed by atoms with Gasteiger partial charge in [0, 0.05) is 62.7 Å². The van der Waals surface area contributed by atoms with Gasteiger partial charge in [-0.25, -0.2) is 25.4 Å². The van der Waals surface area contributed by atoms with E-state index in [0.717, 1.165) is 40.9 Å². The van der Waals surface area contributed by atoms with Crippen molar-refractivity contribution in [2.24, 2.45) is 5.11 Å². The van der Waals surface area contributed by atoms with Gasteiger partial charge in [-0.2, -0.15) is 8.42 Å². The van der Waals surface area contributed by atoms with Gasteiger partial charge in [-0.05, 0) is 121 Å². The highest BCUT2D eigenvalue weighted by molar-refractivity contribution is 8.78. The van der Waals surface area contributed by atoms with E-state index in [4.69, 9.17) is 18.7 Å². The molecule has 0 aromatic heterocycles. The molecule has 562 valence electrons. The van der Waals surface area contributed by atoms with E-state index in [1.807, 2.05) is 108 Å². The van der Waals surface area contributed by atoms with E-state index in [2.05, 4.69) is 27.9 Å². The van der Waals surface area contributed by atoms with E-state index in [9.17, 15) is 18.0 Å². The number of para-hydroxylation sites is 4. The van der Waals surface area contributed by atoms with Gasteiger partial charge in [0.05, 0.1) is 44.0 Å². The lowest BCUT2D eigenvalue weighted by Crippen LogP contribution is -2.77. The fraction of sp³-hybridized carbons (Fsp3) is 0.360. The first-order valence-corrected chi connectivity index (χ1v) is 45.4. The Morgan fingerprint density at radius 1 is 0.532 bits per heavy atom. The average molecular weight is 1640 g/mol. The zero-order valence-corrected chi connectivity index (χ0v) is 66.5. The zero-order chi connectivity index (χ0) is 76.4. The first-order valence-electron chi connectivity index (χ1n) is 35.4. The van der Waals surface area contributed by atoms with Gasteiger partial charge in [0.1, 0.15) is 24.2 Å². The minimum atomic E-state index is -4.47. The second-order valence-electron chi connectivity index (χ2n) is 29.0. The Hall–Kier alpha value is -8.31. The Morgan fingerprint density at radius 3 is 1.63 bits per heavy atom. The predicted molar refractivity (Wildman–Crippen MR) is 421 cm³/mol. The highest BCUT2D eigenvalue weighted by Crippen LogP contribution is 2.81. The Labute approximate surface area is 656 Å². The molecule has 6 amide bonds. The lowest BCUT2D eigenvalue weighted by molar-refractivity contribution is -0.165. The molecule has 22 rings (SSSR count). The van der Waals surface area contributed by atoms with E-state index < -0.39 is 96.1 Å². The molecule has 0 N–H and O–H groups in total. The zero-order valence-electron chi connectivity index (χ0n) is 59.1. The summed E-state index contributed by atoms with van der Waals surface area (Å²) in [5, 5.41) is 2.78. The molecular formula is C75H70N12O13S9. The summed E-state index contributed by atoms with van der Waals surface area (Å²) in [7, 11) is 2.93. The number of hydrogen-bond donors (Lipinski definition) is 0. The van der Waals surface area contributed by atoms with Gasteiger partial charge in [0.25, 0.3) is 55.5 Å². The van der Waals surface area contributed by atoms with Crippen LogP contribution in [-0.2, 0) is 76.6 Å². The van der Waals surface area contributed by atoms with Crippen molar-refractivity contribution in [1.82, 2.24) is 29.4 Å². The molecule has 0 aliphatic carbocycles. The molecule has 15 aliphatic heterocycles. The van der Waals surface area contributed by atoms with E-state index >= 15 is 27.6 Å². The molecule has 7 aromatic carbocycles. The van der Waals surface area contributed by atoms with Gasteiger partial charge in [-0.3, -0.25) is 43.5 Å². The number of nitrogens with zero attached hydrogens (tertiary/aromatic N) is 12. The number of benzene rings is 7. The number of hydrogen-bond acceptors (Lipinski definition) is 21. The van der Waals surface area contributed by atoms with E-state index in [0.29, 0.717) is 55.2 Å². The van der Waals surface area contributed by atoms with Gasteiger partial charge in [0.15, 0.2) is 29.7 Å². The summed E-state index contributed by atoms with van der Waals surface area (Å²) >= 11 is -0.750. The van der Waals surface area contributed by atoms with Crippen LogP contribution in [0.3, 0.4) is 0 Å². The van der Waals surface area contributed by atoms with E-state index in [-0.39, 0.29) is 64.5 Å². The Kier molecular flexibility index (Phi) is 17.6. The minimum absolute atomic E-state index is 0.0375. The molecule has 34 heteroatoms. The van der Waals surface area contributed by atoms with Crippen molar-refractivity contribution >= 4 is 155 Å². The summed E-state index contributed by atoms with van der Waals surface area (Å²) in [6.45, 7) is 6.77. The van der Waals surface area contributed by atoms with Gasteiger partial charge < -0.3 is 24.3 Å². The van der Waals surface area contributed by atoms with Crippen LogP contribution in [0.5, 0.6) is 5.75 Å². The number of amides is 6. The third-order valence-electron chi connectivity index (χ3n) is 23.9. The molecule has 0 saturated carbocycles. The maximum Gasteiger partial charge on any atom is 0.335 e. The van der Waals surface area contributed by atoms with Crippen molar-refractivity contribution in [2.75, 3.05) is 47.3 Å². The number of piperazine rings is 3. The average Bonchev–Trinajstić information content (AvgIpc) is 1.44. The minimum Gasteiger partial charge on any atom is -0.494 e. The smallest absolute Gasteiger partial charge is 0.335 e. The van der Waals surface area contributed by atoms with E-state index in [1.54, 1.807) is 126 Å². The van der Waals surface area contributed by atoms with Crippen molar-refractivity contribution < 1.29 is 58.8 Å². The summed E-state index contributed by atoms with van der Waals surface area (Å²) < 4.78 is 85.9. The number of ether oxygens (including phenoxy) is 1. The van der Waals surface area contributed by atoms with Crippen LogP contribution in [0.25, 0.3) is 10.4 Å². The van der Waals surface area contributed by atoms with Crippen molar-refractivity contribution in [1.29, 1.82) is 0 Å². The van der Waals surface area contributed by atoms with Crippen LogP contribution >= 0.6 is 64.8 Å². The fourth-order valence-corrected chi connectivity index (χ4v) is 33.1. The number of carbonyl (C=O) groups is 6. The monoisotopic (exact) mass is 1630 g/mol. The van der Waals surface area contributed by atoms with Crippen LogP contribution in [0.15, 0.2) is 203 Å². The van der Waals surface area contributed by atoms with Crippen LogP contribution in [0.2, 0.25) is 0 Å². The highest BCUT2D eigenvalue weighted by atomic mass is 33.1. The maximum absolute atomic E-state index is 16.0. The molecule has 12 atom stereocenters. The number of carbonyl (C=O) groups excluding carboxylic acids is 6. The Balaban J connectivity index is 0.000000165. The number of fused-ring (bicyclic) bond motifs is 16. The van der Waals surface area contributed by atoms with Crippen LogP contribution < -0.4 is 18.2 Å². The largest absolute Gasteiger partial charge is 0.494 e. The van der Waals surface area contributed by atoms with Crippen LogP contribution in [-0.4, -0.2) is 172 Å². The summed E-state index contributed by atoms with van der Waals surface area (Å²) in [6.07, 6.45) is 0.247. The molecule has 0 radical (unpaired) electrons. The second-order valence-corrected chi connectivity index (χ2v) is 40.9. The Bertz CT molecular complexity index is 5360. The first-order chi connectivity index (χ1) is 52.4. The third-order valence-corrected chi connectivity index (χ3v) is 38.1. The highest BCUT2D eigenvalue weighted by Gasteiger charge is 2.90. The van der Waals surface area contributed by atoms with Gasteiger partial charge in [-0.15, -0.1) is 0 Å². The van der Waals surface area contributed by atoms with Crippen LogP contribution in [0, 0.1) is 0 Å². The van der Waals surface area contributed by atoms with Crippen LogP contribution in [0.1, 0.15) is 88.0 Å². The van der Waals surface area contributed by atoms with Crippen LogP contribution in [0.4, 0.5) is 22.7 Å². The third kappa shape index (κ3) is 9.55. The Morgan fingerprint density at radius 2 is 1.03 bits per heavy atom. The molecule has 12 saturated heterocycles. The molecule has 12 fully saturated rings. The quantitative estimate of drug-likeness (QED) is 0.0285. The first kappa shape index (κ1) is 73.5. The second kappa shape index (κ2) is 26.2. The SMILES string of the molecule is CCCCCN1C(=O)[C@@]23C[C@]4([C@]56C[C@@]78SS[C@@](C)(C(=O)N7[C@H]5N(c5ccccc5)c5ccccc56)N(C)C8=O)c5ccccc5N(S(=O)(=O)c5ccccc5)[C@@H]4N2C(=O)[C@]1(C)SS3.CN1C(=O)[C@@]23C[C@]4(c5ccc(OCCCN=[N+]=[N-])cc5)c5ccccc5N(S(=O)(=O)c5ccccc5)[C@@H]4N2C(=O)[C@@H]1SS3.O=S=O. The van der Waals surface area contributed by atoms with Gasteiger partial charge in [-0.1, -0.05) is 211 Å². The molecule has 7 aromatic rings.